The first-order valence-electron chi connectivity index (χ1n) is 11.8. The highest BCUT2D eigenvalue weighted by Crippen LogP contribution is 2.19. The van der Waals surface area contributed by atoms with Crippen LogP contribution in [0.25, 0.3) is 21.8 Å². The number of fused-ring (bicyclic) bond motifs is 2. The van der Waals surface area contributed by atoms with Gasteiger partial charge in [0.15, 0.2) is 0 Å². The van der Waals surface area contributed by atoms with Crippen LogP contribution in [0.2, 0.25) is 0 Å². The summed E-state index contributed by atoms with van der Waals surface area (Å²) in [4.78, 5) is 46.4. The fraction of sp³-hybridized carbons (Fsp3) is 0.333. The van der Waals surface area contributed by atoms with E-state index in [0.717, 1.165) is 14.7 Å². The normalized spacial score (nSPS) is 11.5. The van der Waals surface area contributed by atoms with Crippen molar-refractivity contribution in [3.8, 4) is 0 Å². The number of ether oxygens (including phenoxy) is 3. The maximum atomic E-state index is 12.0. The Bertz CT molecular complexity index is 1550. The molecule has 0 fully saturated rings. The predicted molar refractivity (Wildman–Crippen MR) is 141 cm³/mol. The molecule has 12 heteroatoms. The molecular weight excluding hydrogens is 508 g/mol. The highest BCUT2D eigenvalue weighted by atomic mass is 16.6. The molecule has 206 valence electrons. The van der Waals surface area contributed by atoms with Crippen LogP contribution in [0.5, 0.6) is 0 Å². The lowest BCUT2D eigenvalue weighted by Crippen LogP contribution is -2.27. The largest absolute Gasteiger partial charge is 0.478 e. The van der Waals surface area contributed by atoms with Gasteiger partial charge in [0, 0.05) is 10.8 Å². The molecule has 0 atom stereocenters. The van der Waals surface area contributed by atoms with Crippen molar-refractivity contribution in [2.75, 3.05) is 7.11 Å². The topological polar surface area (TPSA) is 152 Å². The minimum atomic E-state index is -1.06. The zero-order valence-electron chi connectivity index (χ0n) is 22.7. The summed E-state index contributed by atoms with van der Waals surface area (Å²) in [6.07, 6.45) is 1.81. The molecule has 1 N–H and O–H groups in total. The number of aromatic nitrogens is 4. The minimum Gasteiger partial charge on any atom is -0.478 e. The second-order valence-electron chi connectivity index (χ2n) is 10.4. The lowest BCUT2D eigenvalue weighted by atomic mass is 10.2. The van der Waals surface area contributed by atoms with Crippen LogP contribution in [0.1, 0.15) is 62.3 Å². The van der Waals surface area contributed by atoms with Gasteiger partial charge in [-0.15, -0.1) is 0 Å². The third-order valence-electron chi connectivity index (χ3n) is 4.94. The molecule has 0 aliphatic heterocycles. The van der Waals surface area contributed by atoms with E-state index in [2.05, 4.69) is 14.9 Å². The second-order valence-corrected chi connectivity index (χ2v) is 10.4. The number of methoxy groups -OCH3 is 1. The van der Waals surface area contributed by atoms with Gasteiger partial charge < -0.3 is 19.3 Å². The molecule has 4 aromatic rings. The van der Waals surface area contributed by atoms with Gasteiger partial charge in [-0.3, -0.25) is 0 Å². The quantitative estimate of drug-likeness (QED) is 0.269. The Hall–Kier alpha value is -4.74. The van der Waals surface area contributed by atoms with Crippen molar-refractivity contribution >= 4 is 45.9 Å². The average molecular weight is 539 g/mol. The van der Waals surface area contributed by atoms with Gasteiger partial charge in [0.05, 0.1) is 41.7 Å². The Labute approximate surface area is 224 Å². The second kappa shape index (κ2) is 10.9. The van der Waals surface area contributed by atoms with Crippen LogP contribution >= 0.6 is 0 Å². The molecule has 0 spiro atoms. The summed E-state index contributed by atoms with van der Waals surface area (Å²) in [5, 5.41) is 18.3. The van der Waals surface area contributed by atoms with Crippen LogP contribution in [0.4, 0.5) is 9.59 Å². The molecule has 0 amide bonds. The molecule has 12 nitrogen and oxygen atoms in total. The molecule has 2 aromatic carbocycles. The number of esters is 1. The van der Waals surface area contributed by atoms with Crippen molar-refractivity contribution in [3.05, 3.63) is 59.9 Å². The van der Waals surface area contributed by atoms with Crippen LogP contribution in [-0.4, -0.2) is 67.1 Å². The number of hydrogen-bond donors (Lipinski definition) is 1. The number of aromatic carboxylic acids is 1. The Kier molecular flexibility index (Phi) is 8.08. The van der Waals surface area contributed by atoms with Gasteiger partial charge in [-0.1, -0.05) is 12.1 Å². The first-order valence-corrected chi connectivity index (χ1v) is 11.8. The molecule has 2 heterocycles. The molecule has 2 aromatic heterocycles. The number of hydrogen-bond acceptors (Lipinski definition) is 9. The van der Waals surface area contributed by atoms with E-state index in [4.69, 9.17) is 14.6 Å². The highest BCUT2D eigenvalue weighted by molar-refractivity contribution is 5.97. The minimum absolute atomic E-state index is 0.0952. The number of carboxylic acids is 1. The number of carbonyl (C=O) groups is 4. The summed E-state index contributed by atoms with van der Waals surface area (Å²) in [5.41, 5.74) is 0.106. The lowest BCUT2D eigenvalue weighted by Gasteiger charge is -2.19. The number of nitrogens with zero attached hydrogens (tertiary/aromatic N) is 4. The first kappa shape index (κ1) is 28.8. The van der Waals surface area contributed by atoms with Gasteiger partial charge in [0.25, 0.3) is 0 Å². The zero-order chi connectivity index (χ0) is 29.1. The SMILES string of the molecule is CC(C)(C)OC(=O)n1ncc2ccc(C(=O)O)cc21.COC(=O)c1ccc2cnn(C(=O)OC(C)(C)C)c2c1. The lowest BCUT2D eigenvalue weighted by molar-refractivity contribution is 0.0511. The molecule has 0 aliphatic rings. The van der Waals surface area contributed by atoms with E-state index in [1.54, 1.807) is 72.0 Å². The maximum Gasteiger partial charge on any atom is 0.435 e. The van der Waals surface area contributed by atoms with E-state index in [0.29, 0.717) is 22.0 Å². The summed E-state index contributed by atoms with van der Waals surface area (Å²) < 4.78 is 17.3. The van der Waals surface area contributed by atoms with E-state index in [1.165, 1.54) is 25.4 Å². The molecule has 39 heavy (non-hydrogen) atoms. The van der Waals surface area contributed by atoms with Gasteiger partial charge in [0.2, 0.25) is 0 Å². The molecule has 0 unspecified atom stereocenters. The number of rotatable bonds is 2. The van der Waals surface area contributed by atoms with E-state index >= 15 is 0 Å². The van der Waals surface area contributed by atoms with E-state index in [9.17, 15) is 19.2 Å². The summed E-state index contributed by atoms with van der Waals surface area (Å²) in [7, 11) is 1.30. The van der Waals surface area contributed by atoms with E-state index in [1.807, 2.05) is 0 Å². The summed E-state index contributed by atoms with van der Waals surface area (Å²) in [6, 6.07) is 9.34. The third-order valence-corrected chi connectivity index (χ3v) is 4.94. The molecule has 4 rings (SSSR count). The summed E-state index contributed by atoms with van der Waals surface area (Å²) >= 11 is 0. The van der Waals surface area contributed by atoms with Crippen LogP contribution < -0.4 is 0 Å². The highest BCUT2D eigenvalue weighted by Gasteiger charge is 2.22. The van der Waals surface area contributed by atoms with Crippen molar-refractivity contribution < 1.29 is 38.5 Å². The Morgan fingerprint density at radius 3 is 1.51 bits per heavy atom. The number of carboxylic acid groups (broad SMARTS) is 1. The molecule has 0 saturated heterocycles. The fourth-order valence-corrected chi connectivity index (χ4v) is 3.32. The number of carbonyl (C=O) groups excluding carboxylic acids is 3. The van der Waals surface area contributed by atoms with Gasteiger partial charge >= 0.3 is 24.1 Å². The molecule has 0 aliphatic carbocycles. The first-order chi connectivity index (χ1) is 18.1. The van der Waals surface area contributed by atoms with Crippen LogP contribution in [0.15, 0.2) is 48.8 Å². The Balaban J connectivity index is 0.000000216. The molecule has 0 bridgehead atoms. The zero-order valence-corrected chi connectivity index (χ0v) is 22.7. The maximum absolute atomic E-state index is 12.0. The smallest absolute Gasteiger partial charge is 0.435 e. The van der Waals surface area contributed by atoms with Gasteiger partial charge in [-0.25, -0.2) is 19.2 Å². The van der Waals surface area contributed by atoms with Gasteiger partial charge in [0.1, 0.15) is 11.2 Å². The van der Waals surface area contributed by atoms with Crippen LogP contribution in [-0.2, 0) is 14.2 Å². The standard InChI is InChI=1S/C14H16N2O4.C13H14N2O4/c1-14(2,3)20-13(18)16-11-7-9(12(17)19-4)5-6-10(11)8-15-16;1-13(2,3)19-12(18)15-10-6-8(11(16)17)4-5-9(10)7-14-15/h5-8H,1-4H3;4-7H,1-3H3,(H,16,17). The Morgan fingerprint density at radius 2 is 1.13 bits per heavy atom. The molecule has 0 radical (unpaired) electrons. The van der Waals surface area contributed by atoms with Crippen molar-refractivity contribution in [1.29, 1.82) is 0 Å². The predicted octanol–water partition coefficient (Wildman–Crippen LogP) is 5.12. The summed E-state index contributed by atoms with van der Waals surface area (Å²) in [5.74, 6) is -1.53. The van der Waals surface area contributed by atoms with Gasteiger partial charge in [-0.05, 0) is 65.8 Å². The molecular formula is C27H30N4O8. The fourth-order valence-electron chi connectivity index (χ4n) is 3.32. The van der Waals surface area contributed by atoms with E-state index < -0.39 is 35.3 Å². The van der Waals surface area contributed by atoms with Crippen LogP contribution in [0, 0.1) is 0 Å². The number of benzene rings is 2. The monoisotopic (exact) mass is 538 g/mol. The van der Waals surface area contributed by atoms with Crippen molar-refractivity contribution in [1.82, 2.24) is 19.6 Å². The third kappa shape index (κ3) is 7.18. The van der Waals surface area contributed by atoms with Crippen molar-refractivity contribution in [2.24, 2.45) is 0 Å². The van der Waals surface area contributed by atoms with Crippen molar-refractivity contribution in [2.45, 2.75) is 52.7 Å². The Morgan fingerprint density at radius 1 is 0.718 bits per heavy atom. The molecule has 0 saturated carbocycles. The van der Waals surface area contributed by atoms with Crippen LogP contribution in [0.3, 0.4) is 0 Å². The van der Waals surface area contributed by atoms with Crippen molar-refractivity contribution in [3.63, 3.8) is 0 Å². The van der Waals surface area contributed by atoms with E-state index in [-0.39, 0.29) is 5.56 Å². The summed E-state index contributed by atoms with van der Waals surface area (Å²) in [6.45, 7) is 10.6. The van der Waals surface area contributed by atoms with Gasteiger partial charge in [-0.2, -0.15) is 19.6 Å². The average Bonchev–Trinajstić information content (AvgIpc) is 3.45.